The van der Waals surface area contributed by atoms with Gasteiger partial charge in [0.15, 0.2) is 0 Å². The molecule has 0 bridgehead atoms. The van der Waals surface area contributed by atoms with Crippen LogP contribution < -0.4 is 5.73 Å². The quantitative estimate of drug-likeness (QED) is 0.862. The number of rotatable bonds is 1. The molecule has 0 radical (unpaired) electrons. The van der Waals surface area contributed by atoms with Crippen molar-refractivity contribution in [3.63, 3.8) is 0 Å². The highest BCUT2D eigenvalue weighted by Gasteiger charge is 2.10. The Bertz CT molecular complexity index is 482. The van der Waals surface area contributed by atoms with E-state index in [1.165, 1.54) is 0 Å². The highest BCUT2D eigenvalue weighted by molar-refractivity contribution is 9.10. The largest absolute Gasteiger partial charge is 0.384 e. The molecule has 0 amide bonds. The van der Waals surface area contributed by atoms with E-state index in [4.69, 9.17) is 5.73 Å². The third-order valence-corrected chi connectivity index (χ3v) is 2.90. The normalized spacial score (nSPS) is 10.6. The molecule has 3 nitrogen and oxygen atoms in total. The molecule has 0 aliphatic carbocycles. The van der Waals surface area contributed by atoms with Crippen LogP contribution in [0.1, 0.15) is 11.3 Å². The predicted octanol–water partition coefficient (Wildman–Crippen LogP) is 2.83. The Labute approximate surface area is 97.0 Å². The van der Waals surface area contributed by atoms with Crippen molar-refractivity contribution in [1.82, 2.24) is 9.78 Å². The van der Waals surface area contributed by atoms with Gasteiger partial charge in [0, 0.05) is 10.5 Å². The van der Waals surface area contributed by atoms with Gasteiger partial charge in [-0.2, -0.15) is 5.10 Å². The van der Waals surface area contributed by atoms with Crippen molar-refractivity contribution < 1.29 is 0 Å². The minimum Gasteiger partial charge on any atom is -0.384 e. The summed E-state index contributed by atoms with van der Waals surface area (Å²) in [7, 11) is 0. The Morgan fingerprint density at radius 3 is 2.60 bits per heavy atom. The molecule has 0 unspecified atom stereocenters. The summed E-state index contributed by atoms with van der Waals surface area (Å²) >= 11 is 3.51. The van der Waals surface area contributed by atoms with Crippen LogP contribution in [0, 0.1) is 13.8 Å². The molecule has 1 aromatic heterocycles. The van der Waals surface area contributed by atoms with E-state index in [1.54, 1.807) is 4.68 Å². The molecule has 0 aliphatic rings. The van der Waals surface area contributed by atoms with E-state index in [0.29, 0.717) is 5.82 Å². The third kappa shape index (κ3) is 1.77. The maximum Gasteiger partial charge on any atom is 0.127 e. The molecule has 78 valence electrons. The fraction of sp³-hybridized carbons (Fsp3) is 0.182. The summed E-state index contributed by atoms with van der Waals surface area (Å²) < 4.78 is 2.76. The molecule has 1 aromatic carbocycles. The number of hydrogen-bond acceptors (Lipinski definition) is 2. The molecule has 2 rings (SSSR count). The van der Waals surface area contributed by atoms with Crippen molar-refractivity contribution in [2.75, 3.05) is 5.73 Å². The summed E-state index contributed by atoms with van der Waals surface area (Å²) in [6, 6.07) is 7.88. The zero-order chi connectivity index (χ0) is 11.0. The van der Waals surface area contributed by atoms with Gasteiger partial charge in [0.25, 0.3) is 0 Å². The molecule has 0 fully saturated rings. The third-order valence-electron chi connectivity index (χ3n) is 2.26. The number of nitrogens with zero attached hydrogens (tertiary/aromatic N) is 2. The summed E-state index contributed by atoms with van der Waals surface area (Å²) in [6.45, 7) is 3.97. The second kappa shape index (κ2) is 3.70. The zero-order valence-electron chi connectivity index (χ0n) is 8.66. The second-order valence-corrected chi connectivity index (χ2v) is 4.38. The number of nitrogen functional groups attached to an aromatic ring is 1. The SMILES string of the molecule is Cc1cc(N)n(-c2c(C)cccc2Br)n1. The number of hydrogen-bond donors (Lipinski definition) is 1. The summed E-state index contributed by atoms with van der Waals surface area (Å²) in [5.41, 5.74) is 8.95. The number of anilines is 1. The van der Waals surface area contributed by atoms with Crippen LogP contribution in [0.5, 0.6) is 0 Å². The van der Waals surface area contributed by atoms with Crippen LogP contribution in [0.4, 0.5) is 5.82 Å². The van der Waals surface area contributed by atoms with Crippen LogP contribution in [0.2, 0.25) is 0 Å². The smallest absolute Gasteiger partial charge is 0.127 e. The second-order valence-electron chi connectivity index (χ2n) is 3.53. The van der Waals surface area contributed by atoms with E-state index in [9.17, 15) is 0 Å². The predicted molar refractivity (Wildman–Crippen MR) is 65.2 cm³/mol. The average Bonchev–Trinajstić information content (AvgIpc) is 2.45. The molecule has 2 N–H and O–H groups in total. The van der Waals surface area contributed by atoms with Crippen molar-refractivity contribution in [2.24, 2.45) is 0 Å². The van der Waals surface area contributed by atoms with Gasteiger partial charge < -0.3 is 5.73 Å². The maximum atomic E-state index is 5.89. The molecule has 15 heavy (non-hydrogen) atoms. The standard InChI is InChI=1S/C11H12BrN3/c1-7-4-3-5-9(12)11(7)15-10(13)6-8(2)14-15/h3-6H,13H2,1-2H3. The van der Waals surface area contributed by atoms with Crippen molar-refractivity contribution in [2.45, 2.75) is 13.8 Å². The van der Waals surface area contributed by atoms with Crippen LogP contribution in [0.3, 0.4) is 0 Å². The fourth-order valence-corrected chi connectivity index (χ4v) is 2.22. The molecular formula is C11H12BrN3. The van der Waals surface area contributed by atoms with E-state index >= 15 is 0 Å². The number of aromatic nitrogens is 2. The molecule has 0 saturated heterocycles. The Balaban J connectivity index is 2.68. The summed E-state index contributed by atoms with van der Waals surface area (Å²) in [6.07, 6.45) is 0. The Morgan fingerprint density at radius 2 is 2.07 bits per heavy atom. The van der Waals surface area contributed by atoms with E-state index < -0.39 is 0 Å². The van der Waals surface area contributed by atoms with Crippen LogP contribution in [0.15, 0.2) is 28.7 Å². The zero-order valence-corrected chi connectivity index (χ0v) is 10.2. The van der Waals surface area contributed by atoms with E-state index in [0.717, 1.165) is 21.4 Å². The van der Waals surface area contributed by atoms with Gasteiger partial charge in [0.05, 0.1) is 11.4 Å². The van der Waals surface area contributed by atoms with Gasteiger partial charge in [-0.3, -0.25) is 0 Å². The number of nitrogens with two attached hydrogens (primary N) is 1. The highest BCUT2D eigenvalue weighted by Crippen LogP contribution is 2.26. The number of para-hydroxylation sites is 1. The van der Waals surface area contributed by atoms with Crippen molar-refractivity contribution in [1.29, 1.82) is 0 Å². The summed E-state index contributed by atoms with van der Waals surface area (Å²) in [5.74, 6) is 0.655. The fourth-order valence-electron chi connectivity index (χ4n) is 1.59. The number of aryl methyl sites for hydroxylation is 2. The van der Waals surface area contributed by atoms with Gasteiger partial charge >= 0.3 is 0 Å². The van der Waals surface area contributed by atoms with Crippen LogP contribution in [-0.2, 0) is 0 Å². The lowest BCUT2D eigenvalue weighted by atomic mass is 10.2. The van der Waals surface area contributed by atoms with E-state index in [1.807, 2.05) is 38.1 Å². The van der Waals surface area contributed by atoms with Gasteiger partial charge in [-0.15, -0.1) is 0 Å². The Kier molecular flexibility index (Phi) is 2.52. The molecule has 0 aliphatic heterocycles. The molecule has 0 spiro atoms. The van der Waals surface area contributed by atoms with Gasteiger partial charge in [0.1, 0.15) is 5.82 Å². The van der Waals surface area contributed by atoms with Crippen molar-refractivity contribution >= 4 is 21.7 Å². The minimum atomic E-state index is 0.655. The Morgan fingerprint density at radius 1 is 1.33 bits per heavy atom. The van der Waals surface area contributed by atoms with Crippen LogP contribution in [-0.4, -0.2) is 9.78 Å². The van der Waals surface area contributed by atoms with Crippen molar-refractivity contribution in [3.05, 3.63) is 40.0 Å². The molecule has 4 heteroatoms. The lowest BCUT2D eigenvalue weighted by Crippen LogP contribution is -2.04. The number of benzene rings is 1. The van der Waals surface area contributed by atoms with Gasteiger partial charge in [-0.1, -0.05) is 12.1 Å². The topological polar surface area (TPSA) is 43.8 Å². The molecule has 2 aromatic rings. The van der Waals surface area contributed by atoms with Crippen molar-refractivity contribution in [3.8, 4) is 5.69 Å². The molecule has 0 saturated carbocycles. The lowest BCUT2D eigenvalue weighted by Gasteiger charge is -2.09. The monoisotopic (exact) mass is 265 g/mol. The van der Waals surface area contributed by atoms with Gasteiger partial charge in [0.2, 0.25) is 0 Å². The first-order valence-corrected chi connectivity index (χ1v) is 5.46. The first-order valence-electron chi connectivity index (χ1n) is 4.67. The van der Waals surface area contributed by atoms with Crippen LogP contribution >= 0.6 is 15.9 Å². The average molecular weight is 266 g/mol. The van der Waals surface area contributed by atoms with E-state index in [-0.39, 0.29) is 0 Å². The number of halogens is 1. The first kappa shape index (κ1) is 10.2. The highest BCUT2D eigenvalue weighted by atomic mass is 79.9. The molecule has 1 heterocycles. The van der Waals surface area contributed by atoms with Crippen LogP contribution in [0.25, 0.3) is 5.69 Å². The Hall–Kier alpha value is -1.29. The summed E-state index contributed by atoms with van der Waals surface area (Å²) in [5, 5.41) is 4.36. The van der Waals surface area contributed by atoms with Gasteiger partial charge in [-0.05, 0) is 41.4 Å². The first-order chi connectivity index (χ1) is 7.09. The molecule has 0 atom stereocenters. The van der Waals surface area contributed by atoms with Gasteiger partial charge in [-0.25, -0.2) is 4.68 Å². The minimum absolute atomic E-state index is 0.655. The van der Waals surface area contributed by atoms with E-state index in [2.05, 4.69) is 21.0 Å². The lowest BCUT2D eigenvalue weighted by molar-refractivity contribution is 0.861. The summed E-state index contributed by atoms with van der Waals surface area (Å²) in [4.78, 5) is 0. The molecular weight excluding hydrogens is 254 g/mol. The maximum absolute atomic E-state index is 5.89.